The second-order valence-corrected chi connectivity index (χ2v) is 6.82. The van der Waals surface area contributed by atoms with E-state index in [0.717, 1.165) is 22.4 Å². The summed E-state index contributed by atoms with van der Waals surface area (Å²) in [7, 11) is 0. The Hall–Kier alpha value is -1.51. The molecule has 2 aromatic rings. The Kier molecular flexibility index (Phi) is 2.88. The van der Waals surface area contributed by atoms with Gasteiger partial charge in [-0.2, -0.15) is 0 Å². The first-order chi connectivity index (χ1) is 8.18. The van der Waals surface area contributed by atoms with Crippen molar-refractivity contribution in [1.82, 2.24) is 15.0 Å². The summed E-state index contributed by atoms with van der Waals surface area (Å²) >= 11 is 0. The van der Waals surface area contributed by atoms with Crippen LogP contribution in [-0.4, -0.2) is 15.0 Å². The van der Waals surface area contributed by atoms with Gasteiger partial charge in [-0.1, -0.05) is 41.5 Å². The van der Waals surface area contributed by atoms with Gasteiger partial charge < -0.3 is 0 Å². The number of aromatic nitrogens is 3. The van der Waals surface area contributed by atoms with Gasteiger partial charge in [0.05, 0.1) is 5.52 Å². The minimum atomic E-state index is -0.0284. The Balaban J connectivity index is 2.61. The van der Waals surface area contributed by atoms with Crippen molar-refractivity contribution in [3.05, 3.63) is 30.0 Å². The lowest BCUT2D eigenvalue weighted by atomic mass is 9.91. The minimum Gasteiger partial charge on any atom is -0.260 e. The van der Waals surface area contributed by atoms with Gasteiger partial charge in [-0.25, -0.2) is 9.97 Å². The second-order valence-electron chi connectivity index (χ2n) is 6.82. The van der Waals surface area contributed by atoms with Crippen LogP contribution in [0, 0.1) is 0 Å². The molecule has 0 aliphatic rings. The van der Waals surface area contributed by atoms with Crippen LogP contribution in [0.3, 0.4) is 0 Å². The van der Waals surface area contributed by atoms with Crippen molar-refractivity contribution in [2.45, 2.75) is 52.4 Å². The van der Waals surface area contributed by atoms with Crippen molar-refractivity contribution < 1.29 is 0 Å². The highest BCUT2D eigenvalue weighted by Gasteiger charge is 2.19. The van der Waals surface area contributed by atoms with Crippen LogP contribution in [0.5, 0.6) is 0 Å². The zero-order chi connectivity index (χ0) is 13.6. The minimum absolute atomic E-state index is 0.0284. The number of hydrogen-bond donors (Lipinski definition) is 0. The highest BCUT2D eigenvalue weighted by molar-refractivity contribution is 5.77. The molecule has 0 saturated heterocycles. The maximum Gasteiger partial charge on any atom is 0.134 e. The maximum absolute atomic E-state index is 4.67. The van der Waals surface area contributed by atoms with Gasteiger partial charge >= 0.3 is 0 Å². The normalized spacial score (nSPS) is 13.0. The van der Waals surface area contributed by atoms with E-state index in [2.05, 4.69) is 62.6 Å². The molecule has 0 fully saturated rings. The number of hydrogen-bond acceptors (Lipinski definition) is 3. The van der Waals surface area contributed by atoms with Gasteiger partial charge in [-0.05, 0) is 6.07 Å². The lowest BCUT2D eigenvalue weighted by Crippen LogP contribution is -2.17. The molecule has 0 unspecified atom stereocenters. The third-order valence-electron chi connectivity index (χ3n) is 2.90. The van der Waals surface area contributed by atoms with Crippen LogP contribution >= 0.6 is 0 Å². The van der Waals surface area contributed by atoms with Crippen LogP contribution in [0.25, 0.3) is 10.9 Å². The summed E-state index contributed by atoms with van der Waals surface area (Å²) in [6, 6.07) is 2.08. The number of nitrogens with zero attached hydrogens (tertiary/aromatic N) is 3. The Bertz CT molecular complexity index is 526. The molecular formula is C15H21N3. The summed E-state index contributed by atoms with van der Waals surface area (Å²) in [5.74, 6) is 0.876. The van der Waals surface area contributed by atoms with Crippen molar-refractivity contribution in [3.63, 3.8) is 0 Å². The molecular weight excluding hydrogens is 222 g/mol. The van der Waals surface area contributed by atoms with Gasteiger partial charge in [-0.15, -0.1) is 0 Å². The predicted octanol–water partition coefficient (Wildman–Crippen LogP) is 3.62. The van der Waals surface area contributed by atoms with Crippen molar-refractivity contribution >= 4 is 10.9 Å². The molecule has 0 aliphatic heterocycles. The third-order valence-corrected chi connectivity index (χ3v) is 2.90. The zero-order valence-electron chi connectivity index (χ0n) is 12.1. The van der Waals surface area contributed by atoms with E-state index in [1.807, 2.05) is 12.4 Å². The van der Waals surface area contributed by atoms with Crippen LogP contribution in [-0.2, 0) is 10.8 Å². The van der Waals surface area contributed by atoms with Gasteiger partial charge in [0.2, 0.25) is 0 Å². The Morgan fingerprint density at radius 1 is 0.833 bits per heavy atom. The zero-order valence-corrected chi connectivity index (χ0v) is 12.1. The van der Waals surface area contributed by atoms with Gasteiger partial charge in [0.1, 0.15) is 5.82 Å². The van der Waals surface area contributed by atoms with Gasteiger partial charge in [0.15, 0.2) is 0 Å². The molecule has 0 bridgehead atoms. The molecule has 3 nitrogen and oxygen atoms in total. The van der Waals surface area contributed by atoms with Crippen molar-refractivity contribution in [3.8, 4) is 0 Å². The highest BCUT2D eigenvalue weighted by atomic mass is 14.9. The first kappa shape index (κ1) is 12.9. The van der Waals surface area contributed by atoms with Crippen LogP contribution < -0.4 is 0 Å². The maximum atomic E-state index is 4.67. The van der Waals surface area contributed by atoms with Crippen molar-refractivity contribution in [2.24, 2.45) is 0 Å². The summed E-state index contributed by atoms with van der Waals surface area (Å²) < 4.78 is 0. The van der Waals surface area contributed by atoms with E-state index in [1.54, 1.807) is 0 Å². The lowest BCUT2D eigenvalue weighted by Gasteiger charge is -2.19. The van der Waals surface area contributed by atoms with E-state index >= 15 is 0 Å². The molecule has 96 valence electrons. The molecule has 0 aromatic carbocycles. The highest BCUT2D eigenvalue weighted by Crippen LogP contribution is 2.24. The van der Waals surface area contributed by atoms with E-state index in [-0.39, 0.29) is 10.8 Å². The summed E-state index contributed by atoms with van der Waals surface area (Å²) in [5, 5.41) is 0.996. The Morgan fingerprint density at radius 2 is 1.44 bits per heavy atom. The molecule has 0 amide bonds. The Labute approximate surface area is 109 Å². The average Bonchev–Trinajstić information content (AvgIpc) is 2.25. The fourth-order valence-corrected chi connectivity index (χ4v) is 1.70. The number of fused-ring (bicyclic) bond motifs is 1. The summed E-state index contributed by atoms with van der Waals surface area (Å²) in [6.45, 7) is 12.9. The van der Waals surface area contributed by atoms with Crippen LogP contribution in [0.1, 0.15) is 53.1 Å². The molecule has 2 rings (SSSR count). The summed E-state index contributed by atoms with van der Waals surface area (Å²) in [5.41, 5.74) is 2.06. The molecule has 3 heteroatoms. The molecule has 18 heavy (non-hydrogen) atoms. The molecule has 0 N–H and O–H groups in total. The molecule has 0 saturated carbocycles. The number of pyridine rings is 1. The van der Waals surface area contributed by atoms with Crippen molar-refractivity contribution in [1.29, 1.82) is 0 Å². The lowest BCUT2D eigenvalue weighted by molar-refractivity contribution is 0.547. The standard InChI is InChI=1S/C15H21N3/c1-14(2,3)12-7-11-10(8-16-12)9-17-13(18-11)15(4,5)6/h7-9H,1-6H3. The van der Waals surface area contributed by atoms with Crippen LogP contribution in [0.2, 0.25) is 0 Å². The quantitative estimate of drug-likeness (QED) is 0.709. The van der Waals surface area contributed by atoms with Crippen LogP contribution in [0.15, 0.2) is 18.5 Å². The van der Waals surface area contributed by atoms with E-state index in [9.17, 15) is 0 Å². The summed E-state index contributed by atoms with van der Waals surface area (Å²) in [4.78, 5) is 13.6. The fourth-order valence-electron chi connectivity index (χ4n) is 1.70. The molecule has 2 heterocycles. The SMILES string of the molecule is CC(C)(C)c1cc2nc(C(C)(C)C)ncc2cn1. The fraction of sp³-hybridized carbons (Fsp3) is 0.533. The van der Waals surface area contributed by atoms with Gasteiger partial charge in [0, 0.05) is 34.3 Å². The van der Waals surface area contributed by atoms with Gasteiger partial charge in [-0.3, -0.25) is 4.98 Å². The monoisotopic (exact) mass is 243 g/mol. The topological polar surface area (TPSA) is 38.7 Å². The first-order valence-electron chi connectivity index (χ1n) is 6.32. The van der Waals surface area contributed by atoms with E-state index in [0.29, 0.717) is 0 Å². The molecule has 0 aliphatic carbocycles. The van der Waals surface area contributed by atoms with E-state index < -0.39 is 0 Å². The Morgan fingerprint density at radius 3 is 2.00 bits per heavy atom. The molecule has 0 spiro atoms. The van der Waals surface area contributed by atoms with E-state index in [4.69, 9.17) is 0 Å². The first-order valence-corrected chi connectivity index (χ1v) is 6.32. The largest absolute Gasteiger partial charge is 0.260 e. The number of rotatable bonds is 0. The molecule has 0 radical (unpaired) electrons. The second kappa shape index (κ2) is 4.01. The van der Waals surface area contributed by atoms with Gasteiger partial charge in [0.25, 0.3) is 0 Å². The van der Waals surface area contributed by atoms with Crippen molar-refractivity contribution in [2.75, 3.05) is 0 Å². The third kappa shape index (κ3) is 2.50. The smallest absolute Gasteiger partial charge is 0.134 e. The molecule has 2 aromatic heterocycles. The van der Waals surface area contributed by atoms with Crippen LogP contribution in [0.4, 0.5) is 0 Å². The molecule has 0 atom stereocenters. The van der Waals surface area contributed by atoms with E-state index in [1.165, 1.54) is 0 Å². The average molecular weight is 243 g/mol. The predicted molar refractivity (Wildman–Crippen MR) is 74.7 cm³/mol. The summed E-state index contributed by atoms with van der Waals surface area (Å²) in [6.07, 6.45) is 3.73.